The Morgan fingerprint density at radius 3 is 0.571 bits per heavy atom. The van der Waals surface area contributed by atoms with Crippen LogP contribution in [-0.4, -0.2) is 24.1 Å². The fraction of sp³-hybridized carbons (Fsp3) is 0. The molecule has 0 fully saturated rings. The van der Waals surface area contributed by atoms with Gasteiger partial charge >= 0.3 is 39.5 Å². The van der Waals surface area contributed by atoms with Gasteiger partial charge < -0.3 is 0 Å². The van der Waals surface area contributed by atoms with Crippen LogP contribution in [0.4, 0.5) is 0 Å². The molecule has 0 nitrogen and oxygen atoms in total. The van der Waals surface area contributed by atoms with Gasteiger partial charge in [0, 0.05) is 0 Å². The molecule has 1 heteroatoms. The molecule has 0 aliphatic heterocycles. The summed E-state index contributed by atoms with van der Waals surface area (Å²) in [7, 11) is 0. The standard InChI is InChI=1S/6CH2.Hg/h6*1H2;. The molecular formula is C6H12Hg. The van der Waals surface area contributed by atoms with Crippen molar-refractivity contribution in [3.8, 4) is 0 Å². The van der Waals surface area contributed by atoms with Gasteiger partial charge in [-0.25, -0.2) is 0 Å². The van der Waals surface area contributed by atoms with Crippen LogP contribution in [-0.2, 0) is 15.4 Å². The zero-order valence-electron chi connectivity index (χ0n) is 4.95. The number of rotatable bonds is 0. The molecule has 0 aliphatic rings. The fourth-order valence-electron chi connectivity index (χ4n) is 0. The molecule has 0 saturated carbocycles. The predicted octanol–water partition coefficient (Wildman–Crippen LogP) is -0.196. The molecule has 0 bridgehead atoms. The average molecular weight is 285 g/mol. The van der Waals surface area contributed by atoms with Crippen molar-refractivity contribution in [3.05, 3.63) is 0 Å². The van der Waals surface area contributed by atoms with E-state index in [9.17, 15) is 0 Å². The predicted molar refractivity (Wildman–Crippen MR) is 42.7 cm³/mol. The summed E-state index contributed by atoms with van der Waals surface area (Å²) in [5.74, 6) is 0. The molecule has 0 aliphatic carbocycles. The van der Waals surface area contributed by atoms with E-state index in [1.807, 2.05) is 0 Å². The summed E-state index contributed by atoms with van der Waals surface area (Å²) in [6.07, 6.45) is 0. The van der Waals surface area contributed by atoms with Crippen molar-refractivity contribution in [2.75, 3.05) is 0 Å². The van der Waals surface area contributed by atoms with Crippen molar-refractivity contribution in [3.63, 3.8) is 0 Å². The van der Waals surface area contributed by atoms with E-state index >= 15 is 0 Å². The Morgan fingerprint density at radius 2 is 0.571 bits per heavy atom. The van der Waals surface area contributed by atoms with Gasteiger partial charge in [-0.1, -0.05) is 0 Å². The molecule has 0 saturated heterocycles. The summed E-state index contributed by atoms with van der Waals surface area (Å²) in [5.41, 5.74) is 0. The first kappa shape index (κ1) is 7.16. The Labute approximate surface area is 39.5 Å². The van der Waals surface area contributed by atoms with Gasteiger partial charge in [0.05, 0.1) is 0 Å². The van der Waals surface area contributed by atoms with Crippen molar-refractivity contribution >= 4 is 24.1 Å². The van der Waals surface area contributed by atoms with Crippen molar-refractivity contribution in [1.29, 1.82) is 0 Å². The van der Waals surface area contributed by atoms with Gasteiger partial charge in [-0.05, 0) is 0 Å². The SMILES string of the molecule is [CH2]=[Hg](=[CH2])(=[CH2])(=[CH2])(=[CH2])=[CH2]. The summed E-state index contributed by atoms with van der Waals surface area (Å²) in [4.78, 5) is 0. The van der Waals surface area contributed by atoms with Crippen LogP contribution in [0.5, 0.6) is 0 Å². The summed E-state index contributed by atoms with van der Waals surface area (Å²) in [5, 5.41) is 0. The van der Waals surface area contributed by atoms with Crippen LogP contribution >= 0.6 is 0 Å². The number of hydrogen-bond acceptors (Lipinski definition) is 0. The molecule has 0 heterocycles. The summed E-state index contributed by atoms with van der Waals surface area (Å²) < 4.78 is 22.2. The van der Waals surface area contributed by atoms with E-state index in [0.29, 0.717) is 0 Å². The zero-order valence-corrected chi connectivity index (χ0v) is 10.4. The van der Waals surface area contributed by atoms with Crippen molar-refractivity contribution in [1.82, 2.24) is 0 Å². The molecule has 0 aromatic rings. The van der Waals surface area contributed by atoms with E-state index in [4.69, 9.17) is 0 Å². The fourth-order valence-corrected chi connectivity index (χ4v) is 0. The second-order valence-electron chi connectivity index (χ2n) is 5.30. The molecule has 0 unspecified atom stereocenters. The number of hydrogen-bond donors (Lipinski definition) is 0. The summed E-state index contributed by atoms with van der Waals surface area (Å²) >= 11 is -3.99. The minimum absolute atomic E-state index is 3.70. The molecule has 7 heavy (non-hydrogen) atoms. The van der Waals surface area contributed by atoms with Crippen LogP contribution in [0.15, 0.2) is 0 Å². The quantitative estimate of drug-likeness (QED) is 0.541. The van der Waals surface area contributed by atoms with Crippen LogP contribution in [0.25, 0.3) is 0 Å². The first-order valence-electron chi connectivity index (χ1n) is 3.00. The maximum absolute atomic E-state index is 3.99. The third-order valence-electron chi connectivity index (χ3n) is 0. The molecule has 0 spiro atoms. The summed E-state index contributed by atoms with van der Waals surface area (Å²) in [6, 6.07) is 0. The topological polar surface area (TPSA) is 0 Å². The van der Waals surface area contributed by atoms with Crippen LogP contribution in [0.2, 0.25) is 0 Å². The van der Waals surface area contributed by atoms with E-state index < -0.39 is 15.4 Å². The van der Waals surface area contributed by atoms with Crippen molar-refractivity contribution in [2.45, 2.75) is 0 Å². The summed E-state index contributed by atoms with van der Waals surface area (Å²) in [6.45, 7) is 0. The second kappa shape index (κ2) is 0.712. The third kappa shape index (κ3) is 4420. The van der Waals surface area contributed by atoms with E-state index in [-0.39, 0.29) is 0 Å². The molecule has 0 radical (unpaired) electrons. The monoisotopic (exact) mass is 286 g/mol. The van der Waals surface area contributed by atoms with E-state index in [2.05, 4.69) is 24.1 Å². The second-order valence-corrected chi connectivity index (χ2v) is 46.5. The third-order valence-corrected chi connectivity index (χ3v) is 0. The Hall–Kier alpha value is 0.155. The molecule has 0 aromatic carbocycles. The van der Waals surface area contributed by atoms with Gasteiger partial charge in [-0.2, -0.15) is 0 Å². The van der Waals surface area contributed by atoms with Gasteiger partial charge in [0.1, 0.15) is 0 Å². The molecule has 0 N–H and O–H groups in total. The van der Waals surface area contributed by atoms with Gasteiger partial charge in [-0.15, -0.1) is 0 Å². The maximum atomic E-state index is 3.70. The van der Waals surface area contributed by atoms with Gasteiger partial charge in [0.15, 0.2) is 0 Å². The van der Waals surface area contributed by atoms with Crippen LogP contribution in [0, 0.1) is 0 Å². The molecule has 0 atom stereocenters. The van der Waals surface area contributed by atoms with E-state index in [0.717, 1.165) is 0 Å². The first-order valence-corrected chi connectivity index (χ1v) is 26.3. The Kier molecular flexibility index (Phi) is 0.728. The van der Waals surface area contributed by atoms with Crippen LogP contribution < -0.4 is 0 Å². The van der Waals surface area contributed by atoms with E-state index in [1.54, 1.807) is 0 Å². The van der Waals surface area contributed by atoms with Gasteiger partial charge in [0.2, 0.25) is 0 Å². The zero-order chi connectivity index (χ0) is 6.41. The molecule has 38 valence electrons. The van der Waals surface area contributed by atoms with Crippen molar-refractivity contribution < 1.29 is 15.4 Å². The van der Waals surface area contributed by atoms with Crippen LogP contribution in [0.3, 0.4) is 0 Å². The normalized spacial score (nSPS) is 22.3. The van der Waals surface area contributed by atoms with E-state index in [1.165, 1.54) is 0 Å². The van der Waals surface area contributed by atoms with Crippen LogP contribution in [0.1, 0.15) is 0 Å². The molecule has 0 rings (SSSR count). The minimum atomic E-state index is -3.99. The van der Waals surface area contributed by atoms with Gasteiger partial charge in [0.25, 0.3) is 0 Å². The first-order chi connectivity index (χ1) is 2.45. The molecular weight excluding hydrogens is 273 g/mol. The Morgan fingerprint density at radius 1 is 0.571 bits per heavy atom. The molecule has 0 aromatic heterocycles. The Bertz CT molecular complexity index is 432. The van der Waals surface area contributed by atoms with Gasteiger partial charge in [-0.3, -0.25) is 0 Å². The average Bonchev–Trinajstić information content (AvgIpc) is 0.592. The molecule has 0 amide bonds. The van der Waals surface area contributed by atoms with Crippen molar-refractivity contribution in [2.24, 2.45) is 0 Å². The Balaban J connectivity index is 8.86.